The SMILES string of the molecule is Oc1ccc2c(c1)OC[C@H](c1ccc(-c3ccccc3)cc1)[C@@H]2c1ccc(OCCN2CCCC2)cc1. The van der Waals surface area contributed by atoms with E-state index < -0.39 is 0 Å². The molecule has 2 heterocycles. The van der Waals surface area contributed by atoms with Crippen LogP contribution in [0.4, 0.5) is 0 Å². The van der Waals surface area contributed by atoms with Crippen LogP contribution in [0.2, 0.25) is 0 Å². The zero-order valence-electron chi connectivity index (χ0n) is 21.1. The van der Waals surface area contributed by atoms with Crippen LogP contribution in [-0.4, -0.2) is 42.9 Å². The van der Waals surface area contributed by atoms with Gasteiger partial charge in [-0.05, 0) is 66.4 Å². The third kappa shape index (κ3) is 5.21. The van der Waals surface area contributed by atoms with Crippen LogP contribution in [0.1, 0.15) is 41.4 Å². The highest BCUT2D eigenvalue weighted by Crippen LogP contribution is 2.47. The Labute approximate surface area is 219 Å². The van der Waals surface area contributed by atoms with Crippen LogP contribution in [-0.2, 0) is 0 Å². The van der Waals surface area contributed by atoms with Gasteiger partial charge in [0.15, 0.2) is 0 Å². The maximum Gasteiger partial charge on any atom is 0.126 e. The van der Waals surface area contributed by atoms with Crippen molar-refractivity contribution in [1.82, 2.24) is 4.90 Å². The summed E-state index contributed by atoms with van der Waals surface area (Å²) in [5.74, 6) is 2.16. The maximum absolute atomic E-state index is 10.1. The second-order valence-corrected chi connectivity index (χ2v) is 10.1. The molecule has 1 saturated heterocycles. The second-order valence-electron chi connectivity index (χ2n) is 10.1. The van der Waals surface area contributed by atoms with Gasteiger partial charge in [0.05, 0.1) is 6.61 Å². The highest BCUT2D eigenvalue weighted by Gasteiger charge is 2.33. The van der Waals surface area contributed by atoms with Crippen molar-refractivity contribution in [2.45, 2.75) is 24.7 Å². The third-order valence-electron chi connectivity index (χ3n) is 7.71. The van der Waals surface area contributed by atoms with Crippen molar-refractivity contribution in [3.05, 3.63) is 114 Å². The minimum atomic E-state index is 0.116. The van der Waals surface area contributed by atoms with E-state index in [9.17, 15) is 5.11 Å². The number of phenolic OH excluding ortho intramolecular Hbond substituents is 1. The number of fused-ring (bicyclic) bond motifs is 1. The smallest absolute Gasteiger partial charge is 0.126 e. The van der Waals surface area contributed by atoms with Gasteiger partial charge in [0.2, 0.25) is 0 Å². The first-order valence-corrected chi connectivity index (χ1v) is 13.3. The molecule has 0 radical (unpaired) electrons. The summed E-state index contributed by atoms with van der Waals surface area (Å²) in [6.45, 7) is 4.64. The van der Waals surface area contributed by atoms with E-state index in [1.165, 1.54) is 48.2 Å². The fraction of sp³-hybridized carbons (Fsp3) is 0.273. The molecule has 6 rings (SSSR count). The fourth-order valence-electron chi connectivity index (χ4n) is 5.72. The van der Waals surface area contributed by atoms with Crippen LogP contribution in [0.3, 0.4) is 0 Å². The van der Waals surface area contributed by atoms with Crippen molar-refractivity contribution in [3.63, 3.8) is 0 Å². The van der Waals surface area contributed by atoms with E-state index in [4.69, 9.17) is 9.47 Å². The van der Waals surface area contributed by atoms with Crippen molar-refractivity contribution in [1.29, 1.82) is 0 Å². The Morgan fingerprint density at radius 1 is 0.784 bits per heavy atom. The highest BCUT2D eigenvalue weighted by atomic mass is 16.5. The summed E-state index contributed by atoms with van der Waals surface area (Å²) in [7, 11) is 0. The second kappa shape index (κ2) is 10.7. The Morgan fingerprint density at radius 3 is 2.24 bits per heavy atom. The molecule has 1 N–H and O–H groups in total. The van der Waals surface area contributed by atoms with Gasteiger partial charge < -0.3 is 14.6 Å². The topological polar surface area (TPSA) is 41.9 Å². The Balaban J connectivity index is 1.26. The van der Waals surface area contributed by atoms with Crippen LogP contribution in [0.5, 0.6) is 17.2 Å². The molecule has 37 heavy (non-hydrogen) atoms. The molecule has 2 aliphatic rings. The van der Waals surface area contributed by atoms with Gasteiger partial charge in [-0.1, -0.05) is 72.8 Å². The molecule has 0 aliphatic carbocycles. The average molecular weight is 492 g/mol. The van der Waals surface area contributed by atoms with Crippen molar-refractivity contribution in [2.24, 2.45) is 0 Å². The Hall–Kier alpha value is -3.76. The molecule has 4 heteroatoms. The molecule has 188 valence electrons. The van der Waals surface area contributed by atoms with E-state index >= 15 is 0 Å². The predicted molar refractivity (Wildman–Crippen MR) is 148 cm³/mol. The molecule has 0 bridgehead atoms. The summed E-state index contributed by atoms with van der Waals surface area (Å²) < 4.78 is 12.2. The number of ether oxygens (including phenoxy) is 2. The number of phenols is 1. The summed E-state index contributed by atoms with van der Waals surface area (Å²) in [5.41, 5.74) is 5.99. The molecule has 2 atom stereocenters. The van der Waals surface area contributed by atoms with Crippen molar-refractivity contribution in [3.8, 4) is 28.4 Å². The molecule has 4 aromatic carbocycles. The molecule has 4 nitrogen and oxygen atoms in total. The van der Waals surface area contributed by atoms with E-state index in [1.807, 2.05) is 12.1 Å². The predicted octanol–water partition coefficient (Wildman–Crippen LogP) is 6.84. The van der Waals surface area contributed by atoms with E-state index in [0.717, 1.165) is 30.2 Å². The molecular weight excluding hydrogens is 458 g/mol. The van der Waals surface area contributed by atoms with Crippen LogP contribution in [0.25, 0.3) is 11.1 Å². The minimum absolute atomic E-state index is 0.116. The molecule has 2 aliphatic heterocycles. The van der Waals surface area contributed by atoms with Gasteiger partial charge in [-0.2, -0.15) is 0 Å². The van der Waals surface area contributed by atoms with E-state index in [2.05, 4.69) is 77.7 Å². The average Bonchev–Trinajstić information content (AvgIpc) is 3.47. The Bertz CT molecular complexity index is 1310. The van der Waals surface area contributed by atoms with Crippen LogP contribution in [0.15, 0.2) is 97.1 Å². The minimum Gasteiger partial charge on any atom is -0.508 e. The monoisotopic (exact) mass is 491 g/mol. The third-order valence-corrected chi connectivity index (χ3v) is 7.71. The first-order chi connectivity index (χ1) is 18.2. The first kappa shape index (κ1) is 23.6. The zero-order chi connectivity index (χ0) is 25.0. The van der Waals surface area contributed by atoms with Gasteiger partial charge >= 0.3 is 0 Å². The Kier molecular flexibility index (Phi) is 6.83. The highest BCUT2D eigenvalue weighted by molar-refractivity contribution is 5.64. The summed E-state index contributed by atoms with van der Waals surface area (Å²) in [6.07, 6.45) is 2.60. The Morgan fingerprint density at radius 2 is 1.49 bits per heavy atom. The number of hydrogen-bond acceptors (Lipinski definition) is 4. The standard InChI is InChI=1S/C33H33NO3/c35-28-14-17-30-32(22-28)37-23-31(26-10-8-25(9-11-26)24-6-2-1-3-7-24)33(30)27-12-15-29(16-13-27)36-21-20-34-18-4-5-19-34/h1-3,6-17,22,31,33,35H,4-5,18-21,23H2/t31-,33-/m1/s1. The van der Waals surface area contributed by atoms with Crippen molar-refractivity contribution < 1.29 is 14.6 Å². The van der Waals surface area contributed by atoms with Gasteiger partial charge in [-0.25, -0.2) is 0 Å². The van der Waals surface area contributed by atoms with Gasteiger partial charge in [0.1, 0.15) is 23.9 Å². The molecular formula is C33H33NO3. The summed E-state index contributed by atoms with van der Waals surface area (Å²) >= 11 is 0. The summed E-state index contributed by atoms with van der Waals surface area (Å²) in [6, 6.07) is 33.3. The number of hydrogen-bond donors (Lipinski definition) is 1. The van der Waals surface area contributed by atoms with Crippen molar-refractivity contribution >= 4 is 0 Å². The normalized spacial score (nSPS) is 19.2. The lowest BCUT2D eigenvalue weighted by Crippen LogP contribution is -2.25. The fourth-order valence-corrected chi connectivity index (χ4v) is 5.72. The van der Waals surface area contributed by atoms with Crippen LogP contribution in [0, 0.1) is 0 Å². The van der Waals surface area contributed by atoms with Gasteiger partial charge in [0.25, 0.3) is 0 Å². The first-order valence-electron chi connectivity index (χ1n) is 13.3. The molecule has 0 aromatic heterocycles. The lowest BCUT2D eigenvalue weighted by molar-refractivity contribution is 0.237. The van der Waals surface area contributed by atoms with Gasteiger partial charge in [0, 0.05) is 30.0 Å². The molecule has 0 saturated carbocycles. The molecule has 4 aromatic rings. The molecule has 0 unspecified atom stereocenters. The van der Waals surface area contributed by atoms with E-state index in [1.54, 1.807) is 12.1 Å². The summed E-state index contributed by atoms with van der Waals surface area (Å²) in [4.78, 5) is 2.47. The van der Waals surface area contributed by atoms with E-state index in [0.29, 0.717) is 6.61 Å². The van der Waals surface area contributed by atoms with Gasteiger partial charge in [-0.15, -0.1) is 0 Å². The zero-order valence-corrected chi connectivity index (χ0v) is 21.1. The molecule has 0 spiro atoms. The lowest BCUT2D eigenvalue weighted by atomic mass is 9.75. The largest absolute Gasteiger partial charge is 0.508 e. The maximum atomic E-state index is 10.1. The van der Waals surface area contributed by atoms with Crippen LogP contribution >= 0.6 is 0 Å². The number of benzene rings is 4. The lowest BCUT2D eigenvalue weighted by Gasteiger charge is -2.34. The van der Waals surface area contributed by atoms with Crippen LogP contribution < -0.4 is 9.47 Å². The molecule has 0 amide bonds. The quantitative estimate of drug-likeness (QED) is 0.307. The number of aromatic hydroxyl groups is 1. The van der Waals surface area contributed by atoms with E-state index in [-0.39, 0.29) is 17.6 Å². The number of likely N-dealkylation sites (tertiary alicyclic amines) is 1. The van der Waals surface area contributed by atoms with Crippen molar-refractivity contribution in [2.75, 3.05) is 32.8 Å². The number of rotatable bonds is 7. The number of nitrogens with zero attached hydrogens (tertiary/aromatic N) is 1. The van der Waals surface area contributed by atoms with Gasteiger partial charge in [-0.3, -0.25) is 4.90 Å². The molecule has 1 fully saturated rings. The summed E-state index contributed by atoms with van der Waals surface area (Å²) in [5, 5.41) is 10.1.